The highest BCUT2D eigenvalue weighted by atomic mass is 35.5. The predicted octanol–water partition coefficient (Wildman–Crippen LogP) is 3.14. The molecule has 2 nitrogen and oxygen atoms in total. The molecule has 4 heteroatoms. The van der Waals surface area contributed by atoms with E-state index in [1.165, 1.54) is 4.90 Å². The van der Waals surface area contributed by atoms with Crippen molar-refractivity contribution in [2.75, 3.05) is 11.9 Å². The Morgan fingerprint density at radius 1 is 1.33 bits per heavy atom. The summed E-state index contributed by atoms with van der Waals surface area (Å²) in [5.74, 6) is 0. The normalized spacial score (nSPS) is 9.58. The van der Waals surface area contributed by atoms with E-state index in [-0.39, 0.29) is 0 Å². The Morgan fingerprint density at radius 3 is 2.25 bits per heavy atom. The second-order valence-corrected chi connectivity index (χ2v) is 3.05. The van der Waals surface area contributed by atoms with Crippen LogP contribution in [-0.2, 0) is 0 Å². The summed E-state index contributed by atoms with van der Waals surface area (Å²) in [5, 5.41) is 0.117. The van der Waals surface area contributed by atoms with Gasteiger partial charge in [0.15, 0.2) is 0 Å². The van der Waals surface area contributed by atoms with Crippen LogP contribution in [0.15, 0.2) is 24.3 Å². The first-order valence-corrected chi connectivity index (χ1v) is 4.05. The minimum absolute atomic E-state index is 0.516. The standard InChI is InChI=1S/C8H7Cl2NO/c1-11(8(10)12)7-4-2-6(9)3-5-7/h2-5H,1H3. The number of nitrogens with zero attached hydrogens (tertiary/aromatic N) is 1. The lowest BCUT2D eigenvalue weighted by Crippen LogP contribution is -2.19. The van der Waals surface area contributed by atoms with Gasteiger partial charge in [-0.05, 0) is 35.9 Å². The maximum absolute atomic E-state index is 10.7. The number of rotatable bonds is 1. The van der Waals surface area contributed by atoms with E-state index in [1.54, 1.807) is 31.3 Å². The molecular formula is C8H7Cl2NO. The second kappa shape index (κ2) is 3.78. The van der Waals surface area contributed by atoms with Crippen molar-refractivity contribution in [3.8, 4) is 0 Å². The fraction of sp³-hybridized carbons (Fsp3) is 0.125. The van der Waals surface area contributed by atoms with Crippen LogP contribution in [0, 0.1) is 0 Å². The molecule has 0 fully saturated rings. The molecule has 0 N–H and O–H groups in total. The highest BCUT2D eigenvalue weighted by Gasteiger charge is 2.05. The van der Waals surface area contributed by atoms with Gasteiger partial charge in [-0.15, -0.1) is 0 Å². The van der Waals surface area contributed by atoms with E-state index in [0.717, 1.165) is 5.69 Å². The molecule has 12 heavy (non-hydrogen) atoms. The van der Waals surface area contributed by atoms with Crippen molar-refractivity contribution in [3.63, 3.8) is 0 Å². The lowest BCUT2D eigenvalue weighted by Gasteiger charge is -2.12. The van der Waals surface area contributed by atoms with Gasteiger partial charge < -0.3 is 4.90 Å². The van der Waals surface area contributed by atoms with Gasteiger partial charge in [0, 0.05) is 17.8 Å². The molecule has 0 spiro atoms. The number of anilines is 1. The Labute approximate surface area is 80.7 Å². The highest BCUT2D eigenvalue weighted by molar-refractivity contribution is 6.66. The van der Waals surface area contributed by atoms with Gasteiger partial charge in [-0.25, -0.2) is 0 Å². The van der Waals surface area contributed by atoms with Gasteiger partial charge in [-0.2, -0.15) is 0 Å². The van der Waals surface area contributed by atoms with Crippen molar-refractivity contribution in [2.24, 2.45) is 0 Å². The fourth-order valence-electron chi connectivity index (χ4n) is 0.766. The van der Waals surface area contributed by atoms with Crippen LogP contribution in [0.1, 0.15) is 0 Å². The summed E-state index contributed by atoms with van der Waals surface area (Å²) < 4.78 is 0. The van der Waals surface area contributed by atoms with E-state index in [9.17, 15) is 4.79 Å². The van der Waals surface area contributed by atoms with Crippen molar-refractivity contribution >= 4 is 34.3 Å². The van der Waals surface area contributed by atoms with Crippen LogP contribution in [0.5, 0.6) is 0 Å². The quantitative estimate of drug-likeness (QED) is 0.508. The Hall–Kier alpha value is -0.730. The summed E-state index contributed by atoms with van der Waals surface area (Å²) in [7, 11) is 1.60. The molecule has 0 atom stereocenters. The Bertz CT molecular complexity index is 284. The third kappa shape index (κ3) is 2.13. The smallest absolute Gasteiger partial charge is 0.302 e. The van der Waals surface area contributed by atoms with Gasteiger partial charge in [0.2, 0.25) is 0 Å². The lowest BCUT2D eigenvalue weighted by molar-refractivity contribution is 0.265. The summed E-state index contributed by atoms with van der Waals surface area (Å²) in [6.45, 7) is 0. The minimum atomic E-state index is -0.516. The molecule has 0 heterocycles. The van der Waals surface area contributed by atoms with E-state index in [1.807, 2.05) is 0 Å². The minimum Gasteiger partial charge on any atom is -0.302 e. The van der Waals surface area contributed by atoms with Crippen LogP contribution >= 0.6 is 23.2 Å². The van der Waals surface area contributed by atoms with Crippen LogP contribution in [0.3, 0.4) is 0 Å². The van der Waals surface area contributed by atoms with E-state index in [4.69, 9.17) is 23.2 Å². The maximum Gasteiger partial charge on any atom is 0.320 e. The molecule has 0 saturated heterocycles. The summed E-state index contributed by atoms with van der Waals surface area (Å²) in [6, 6.07) is 6.85. The molecular weight excluding hydrogens is 197 g/mol. The summed E-state index contributed by atoms with van der Waals surface area (Å²) in [4.78, 5) is 12.0. The van der Waals surface area contributed by atoms with Crippen molar-refractivity contribution in [3.05, 3.63) is 29.3 Å². The Kier molecular flexibility index (Phi) is 2.95. The molecule has 1 aromatic carbocycles. The fourth-order valence-corrected chi connectivity index (χ4v) is 0.990. The molecule has 0 aliphatic carbocycles. The number of carbonyl (C=O) groups is 1. The number of amides is 1. The van der Waals surface area contributed by atoms with Gasteiger partial charge in [-0.1, -0.05) is 11.6 Å². The first kappa shape index (κ1) is 9.36. The van der Waals surface area contributed by atoms with Gasteiger partial charge in [0.25, 0.3) is 0 Å². The molecule has 1 rings (SSSR count). The third-order valence-electron chi connectivity index (χ3n) is 1.48. The van der Waals surface area contributed by atoms with Gasteiger partial charge in [-0.3, -0.25) is 4.79 Å². The van der Waals surface area contributed by atoms with Gasteiger partial charge in [0.05, 0.1) is 0 Å². The average molecular weight is 204 g/mol. The molecule has 0 aliphatic heterocycles. The Morgan fingerprint density at radius 2 is 1.83 bits per heavy atom. The van der Waals surface area contributed by atoms with Crippen molar-refractivity contribution in [1.82, 2.24) is 0 Å². The summed E-state index contributed by atoms with van der Waals surface area (Å²) in [6.07, 6.45) is 0. The molecule has 1 aromatic rings. The summed E-state index contributed by atoms with van der Waals surface area (Å²) >= 11 is 10.9. The van der Waals surface area contributed by atoms with Gasteiger partial charge in [0.1, 0.15) is 0 Å². The SMILES string of the molecule is CN(C(=O)Cl)c1ccc(Cl)cc1. The molecule has 0 aromatic heterocycles. The van der Waals surface area contributed by atoms with E-state index in [2.05, 4.69) is 0 Å². The van der Waals surface area contributed by atoms with Crippen LogP contribution in [0.25, 0.3) is 0 Å². The first-order valence-electron chi connectivity index (χ1n) is 3.30. The number of hydrogen-bond donors (Lipinski definition) is 0. The number of carbonyl (C=O) groups excluding carboxylic acids is 1. The first-order chi connectivity index (χ1) is 5.61. The zero-order valence-corrected chi connectivity index (χ0v) is 7.93. The van der Waals surface area contributed by atoms with Crippen LogP contribution in [-0.4, -0.2) is 12.4 Å². The molecule has 1 amide bonds. The third-order valence-corrected chi connectivity index (χ3v) is 1.98. The number of halogens is 2. The predicted molar refractivity (Wildman–Crippen MR) is 51.1 cm³/mol. The number of hydrogen-bond acceptors (Lipinski definition) is 1. The van der Waals surface area contributed by atoms with E-state index < -0.39 is 5.37 Å². The molecule has 0 aliphatic rings. The molecule has 0 saturated carbocycles. The maximum atomic E-state index is 10.7. The molecule has 0 unspecified atom stereocenters. The molecule has 64 valence electrons. The van der Waals surface area contributed by atoms with Crippen molar-refractivity contribution < 1.29 is 4.79 Å². The van der Waals surface area contributed by atoms with E-state index >= 15 is 0 Å². The largest absolute Gasteiger partial charge is 0.320 e. The zero-order valence-electron chi connectivity index (χ0n) is 6.42. The monoisotopic (exact) mass is 203 g/mol. The van der Waals surface area contributed by atoms with Crippen molar-refractivity contribution in [1.29, 1.82) is 0 Å². The molecule has 0 bridgehead atoms. The topological polar surface area (TPSA) is 20.3 Å². The average Bonchev–Trinajstić information content (AvgIpc) is 2.04. The highest BCUT2D eigenvalue weighted by Crippen LogP contribution is 2.17. The zero-order chi connectivity index (χ0) is 9.14. The molecule has 0 radical (unpaired) electrons. The Balaban J connectivity index is 2.89. The lowest BCUT2D eigenvalue weighted by atomic mass is 10.3. The second-order valence-electron chi connectivity index (χ2n) is 2.29. The van der Waals surface area contributed by atoms with Crippen molar-refractivity contribution in [2.45, 2.75) is 0 Å². The van der Waals surface area contributed by atoms with Crippen LogP contribution in [0.4, 0.5) is 10.5 Å². The van der Waals surface area contributed by atoms with Crippen LogP contribution in [0.2, 0.25) is 5.02 Å². The van der Waals surface area contributed by atoms with Gasteiger partial charge >= 0.3 is 5.37 Å². The number of benzene rings is 1. The van der Waals surface area contributed by atoms with E-state index in [0.29, 0.717) is 5.02 Å². The van der Waals surface area contributed by atoms with Crippen LogP contribution < -0.4 is 4.90 Å². The summed E-state index contributed by atoms with van der Waals surface area (Å²) in [5.41, 5.74) is 0.722.